The van der Waals surface area contributed by atoms with Gasteiger partial charge in [-0.2, -0.15) is 0 Å². The SMILES string of the molecule is C=CC(=O)O[C@@H]1CO[C@H]2[C@@H]1OC[C@@H]2OC(=O)CCC. The number of rotatable bonds is 5. The summed E-state index contributed by atoms with van der Waals surface area (Å²) in [4.78, 5) is 22.6. The number of fused-ring (bicyclic) bond motifs is 1. The van der Waals surface area contributed by atoms with Gasteiger partial charge in [0.25, 0.3) is 0 Å². The van der Waals surface area contributed by atoms with E-state index in [0.717, 1.165) is 12.5 Å². The zero-order valence-corrected chi connectivity index (χ0v) is 10.9. The Morgan fingerprint density at radius 3 is 2.32 bits per heavy atom. The molecule has 2 fully saturated rings. The second kappa shape index (κ2) is 6.16. The lowest BCUT2D eigenvalue weighted by Gasteiger charge is -2.16. The third kappa shape index (κ3) is 3.13. The van der Waals surface area contributed by atoms with Crippen molar-refractivity contribution >= 4 is 11.9 Å². The van der Waals surface area contributed by atoms with Crippen LogP contribution in [0.4, 0.5) is 0 Å². The predicted molar refractivity (Wildman–Crippen MR) is 64.3 cm³/mol. The van der Waals surface area contributed by atoms with Gasteiger partial charge in [-0.05, 0) is 6.42 Å². The van der Waals surface area contributed by atoms with Gasteiger partial charge in [0, 0.05) is 12.5 Å². The maximum absolute atomic E-state index is 11.5. The molecule has 2 heterocycles. The summed E-state index contributed by atoms with van der Waals surface area (Å²) in [5.41, 5.74) is 0. The van der Waals surface area contributed by atoms with Crippen LogP contribution in [0, 0.1) is 0 Å². The molecule has 106 valence electrons. The van der Waals surface area contributed by atoms with Gasteiger partial charge in [-0.1, -0.05) is 13.5 Å². The summed E-state index contributed by atoms with van der Waals surface area (Å²) in [6, 6.07) is 0. The molecule has 4 atom stereocenters. The van der Waals surface area contributed by atoms with Crippen LogP contribution in [0.3, 0.4) is 0 Å². The van der Waals surface area contributed by atoms with E-state index in [1.54, 1.807) is 0 Å². The van der Waals surface area contributed by atoms with Gasteiger partial charge >= 0.3 is 11.9 Å². The molecule has 0 saturated carbocycles. The second-order valence-corrected chi connectivity index (χ2v) is 4.55. The van der Waals surface area contributed by atoms with Gasteiger partial charge in [-0.3, -0.25) is 4.79 Å². The number of hydrogen-bond donors (Lipinski definition) is 0. The van der Waals surface area contributed by atoms with E-state index in [-0.39, 0.29) is 31.4 Å². The molecule has 0 amide bonds. The van der Waals surface area contributed by atoms with Gasteiger partial charge < -0.3 is 18.9 Å². The van der Waals surface area contributed by atoms with Crippen LogP contribution in [0.1, 0.15) is 19.8 Å². The van der Waals surface area contributed by atoms with Crippen molar-refractivity contribution in [2.45, 2.75) is 44.2 Å². The molecule has 2 saturated heterocycles. The lowest BCUT2D eigenvalue weighted by Crippen LogP contribution is -2.35. The molecule has 0 aromatic rings. The third-order valence-electron chi connectivity index (χ3n) is 3.13. The molecule has 0 unspecified atom stereocenters. The minimum atomic E-state index is -0.510. The minimum Gasteiger partial charge on any atom is -0.457 e. The smallest absolute Gasteiger partial charge is 0.330 e. The first-order chi connectivity index (χ1) is 9.15. The Morgan fingerprint density at radius 2 is 1.79 bits per heavy atom. The number of carbonyl (C=O) groups is 2. The summed E-state index contributed by atoms with van der Waals surface area (Å²) in [5.74, 6) is -0.767. The van der Waals surface area contributed by atoms with E-state index in [2.05, 4.69) is 6.58 Å². The molecule has 0 N–H and O–H groups in total. The fourth-order valence-electron chi connectivity index (χ4n) is 2.26. The summed E-state index contributed by atoms with van der Waals surface area (Å²) >= 11 is 0. The van der Waals surface area contributed by atoms with Crippen LogP contribution in [0.25, 0.3) is 0 Å². The Morgan fingerprint density at radius 1 is 1.21 bits per heavy atom. The average Bonchev–Trinajstić information content (AvgIpc) is 2.94. The standard InChI is InChI=1S/C13H18O6/c1-3-5-11(15)19-9-7-17-12-8(6-16-13(9)12)18-10(14)4-2/h4,8-9,12-13H,2-3,5-7H2,1H3/t8-,9+,12-,13-/m1/s1. The number of ether oxygens (including phenoxy) is 4. The number of hydrogen-bond acceptors (Lipinski definition) is 6. The topological polar surface area (TPSA) is 71.1 Å². The van der Waals surface area contributed by atoms with Crippen molar-refractivity contribution in [3.63, 3.8) is 0 Å². The highest BCUT2D eigenvalue weighted by atomic mass is 16.7. The Balaban J connectivity index is 1.88. The monoisotopic (exact) mass is 270 g/mol. The molecule has 2 aliphatic rings. The van der Waals surface area contributed by atoms with Crippen LogP contribution in [0.15, 0.2) is 12.7 Å². The minimum absolute atomic E-state index is 0.247. The molecule has 0 spiro atoms. The highest BCUT2D eigenvalue weighted by Gasteiger charge is 2.50. The van der Waals surface area contributed by atoms with Gasteiger partial charge in [0.05, 0.1) is 13.2 Å². The van der Waals surface area contributed by atoms with Crippen molar-refractivity contribution in [3.8, 4) is 0 Å². The third-order valence-corrected chi connectivity index (χ3v) is 3.13. The van der Waals surface area contributed by atoms with Crippen LogP contribution in [-0.2, 0) is 28.5 Å². The summed E-state index contributed by atoms with van der Waals surface area (Å²) < 4.78 is 21.4. The second-order valence-electron chi connectivity index (χ2n) is 4.55. The van der Waals surface area contributed by atoms with Crippen LogP contribution in [0.2, 0.25) is 0 Å². The van der Waals surface area contributed by atoms with E-state index >= 15 is 0 Å². The maximum Gasteiger partial charge on any atom is 0.330 e. The Kier molecular flexibility index (Phi) is 4.55. The molecule has 0 aromatic carbocycles. The molecule has 6 heteroatoms. The quantitative estimate of drug-likeness (QED) is 0.538. The highest BCUT2D eigenvalue weighted by molar-refractivity contribution is 5.81. The molecule has 2 rings (SSSR count). The van der Waals surface area contributed by atoms with Crippen LogP contribution in [-0.4, -0.2) is 49.6 Å². The van der Waals surface area contributed by atoms with Gasteiger partial charge in [0.15, 0.2) is 12.2 Å². The zero-order valence-electron chi connectivity index (χ0n) is 10.9. The van der Waals surface area contributed by atoms with Crippen molar-refractivity contribution in [2.75, 3.05) is 13.2 Å². The molecule has 2 aliphatic heterocycles. The molecular weight excluding hydrogens is 252 g/mol. The van der Waals surface area contributed by atoms with Gasteiger partial charge in [0.2, 0.25) is 0 Å². The molecule has 6 nitrogen and oxygen atoms in total. The normalized spacial score (nSPS) is 32.7. The lowest BCUT2D eigenvalue weighted by atomic mass is 10.1. The van der Waals surface area contributed by atoms with Gasteiger partial charge in [-0.25, -0.2) is 4.79 Å². The van der Waals surface area contributed by atoms with Crippen molar-refractivity contribution in [3.05, 3.63) is 12.7 Å². The first kappa shape index (κ1) is 14.0. The highest BCUT2D eigenvalue weighted by Crippen LogP contribution is 2.30. The summed E-state index contributed by atoms with van der Waals surface area (Å²) in [6.45, 7) is 5.76. The van der Waals surface area contributed by atoms with Gasteiger partial charge in [-0.15, -0.1) is 0 Å². The van der Waals surface area contributed by atoms with E-state index in [4.69, 9.17) is 18.9 Å². The fourth-order valence-corrected chi connectivity index (χ4v) is 2.26. The zero-order chi connectivity index (χ0) is 13.8. The summed E-state index contributed by atoms with van der Waals surface area (Å²) in [5, 5.41) is 0. The maximum atomic E-state index is 11.5. The molecule has 0 aromatic heterocycles. The summed E-state index contributed by atoms with van der Waals surface area (Å²) in [6.07, 6.45) is 0.596. The van der Waals surface area contributed by atoms with Crippen molar-refractivity contribution < 1.29 is 28.5 Å². The average molecular weight is 270 g/mol. The molecule has 0 radical (unpaired) electrons. The molecule has 0 bridgehead atoms. The number of carbonyl (C=O) groups excluding carboxylic acids is 2. The summed E-state index contributed by atoms with van der Waals surface area (Å²) in [7, 11) is 0. The van der Waals surface area contributed by atoms with Crippen LogP contribution < -0.4 is 0 Å². The Hall–Kier alpha value is -1.40. The van der Waals surface area contributed by atoms with E-state index in [1.807, 2.05) is 6.92 Å². The van der Waals surface area contributed by atoms with E-state index in [1.165, 1.54) is 0 Å². The molecule has 19 heavy (non-hydrogen) atoms. The number of esters is 2. The van der Waals surface area contributed by atoms with E-state index < -0.39 is 18.2 Å². The Labute approximate surface area is 111 Å². The largest absolute Gasteiger partial charge is 0.457 e. The van der Waals surface area contributed by atoms with Gasteiger partial charge in [0.1, 0.15) is 12.2 Å². The lowest BCUT2D eigenvalue weighted by molar-refractivity contribution is -0.154. The van der Waals surface area contributed by atoms with E-state index in [0.29, 0.717) is 6.42 Å². The first-order valence-corrected chi connectivity index (χ1v) is 6.41. The van der Waals surface area contributed by atoms with Crippen LogP contribution in [0.5, 0.6) is 0 Å². The van der Waals surface area contributed by atoms with Crippen molar-refractivity contribution in [2.24, 2.45) is 0 Å². The van der Waals surface area contributed by atoms with Crippen molar-refractivity contribution in [1.29, 1.82) is 0 Å². The first-order valence-electron chi connectivity index (χ1n) is 6.41. The predicted octanol–water partition coefficient (Wildman–Crippen LogP) is 0.594. The van der Waals surface area contributed by atoms with Crippen LogP contribution >= 0.6 is 0 Å². The molecular formula is C13H18O6. The fraction of sp³-hybridized carbons (Fsp3) is 0.692. The Bertz CT molecular complexity index is 366. The van der Waals surface area contributed by atoms with E-state index in [9.17, 15) is 9.59 Å². The molecule has 0 aliphatic carbocycles. The van der Waals surface area contributed by atoms with Crippen molar-refractivity contribution in [1.82, 2.24) is 0 Å².